The molecule has 10 rings (SSSR count). The number of aliphatic carboxylic acids is 1. The van der Waals surface area contributed by atoms with E-state index in [4.69, 9.17) is 47.4 Å². The van der Waals surface area contributed by atoms with Gasteiger partial charge in [0.2, 0.25) is 0 Å². The van der Waals surface area contributed by atoms with Crippen LogP contribution < -0.4 is 0 Å². The molecule has 482 valence electrons. The number of rotatable bonds is 13. The minimum absolute atomic E-state index is 0.00326. The van der Waals surface area contributed by atoms with Crippen LogP contribution >= 0.6 is 0 Å². The topological polar surface area (TPSA) is 393 Å². The fourth-order valence-corrected chi connectivity index (χ4v) is 17.6. The maximum atomic E-state index is 13.2. The molecule has 4 saturated carbocycles. The summed E-state index contributed by atoms with van der Waals surface area (Å²) in [6, 6.07) is 0. The molecule has 10 aliphatic rings. The Kier molecular flexibility index (Phi) is 18.5. The summed E-state index contributed by atoms with van der Waals surface area (Å²) in [4.78, 5) is 13.2. The number of carboxylic acid groups (broad SMARTS) is 1. The van der Waals surface area contributed by atoms with Gasteiger partial charge in [0.05, 0.1) is 43.5 Å². The van der Waals surface area contributed by atoms with Crippen molar-refractivity contribution in [3.05, 3.63) is 11.6 Å². The molecule has 0 bridgehead atoms. The fourth-order valence-electron chi connectivity index (χ4n) is 17.6. The molecule has 25 nitrogen and oxygen atoms in total. The summed E-state index contributed by atoms with van der Waals surface area (Å²) < 4.78 is 59.6. The average molecular weight is 1210 g/mol. The van der Waals surface area contributed by atoms with E-state index < -0.39 is 184 Å². The summed E-state index contributed by atoms with van der Waals surface area (Å²) in [5.74, 6) is -0.166. The lowest BCUT2D eigenvalue weighted by atomic mass is 9.33. The third-order valence-corrected chi connectivity index (χ3v) is 23.1. The van der Waals surface area contributed by atoms with Gasteiger partial charge in [0.25, 0.3) is 0 Å². The van der Waals surface area contributed by atoms with Crippen LogP contribution in [0.2, 0.25) is 0 Å². The molecule has 0 spiro atoms. The molecule has 0 aromatic heterocycles. The van der Waals surface area contributed by atoms with Crippen molar-refractivity contribution in [3.8, 4) is 0 Å². The summed E-state index contributed by atoms with van der Waals surface area (Å²) >= 11 is 0. The van der Waals surface area contributed by atoms with Crippen LogP contribution in [0.4, 0.5) is 0 Å². The molecular formula is C59H96O25. The molecule has 84 heavy (non-hydrogen) atoms. The van der Waals surface area contributed by atoms with Gasteiger partial charge in [-0.15, -0.1) is 0 Å². The Morgan fingerprint density at radius 2 is 1.14 bits per heavy atom. The van der Waals surface area contributed by atoms with E-state index in [1.54, 1.807) is 0 Å². The van der Waals surface area contributed by atoms with Crippen LogP contribution in [0.5, 0.6) is 0 Å². The Morgan fingerprint density at radius 3 is 1.82 bits per heavy atom. The third-order valence-electron chi connectivity index (χ3n) is 23.1. The summed E-state index contributed by atoms with van der Waals surface area (Å²) in [5, 5.41) is 153. The predicted octanol–water partition coefficient (Wildman–Crippen LogP) is -0.951. The first-order valence-corrected chi connectivity index (χ1v) is 30.5. The molecule has 32 atom stereocenters. The van der Waals surface area contributed by atoms with Crippen molar-refractivity contribution in [1.82, 2.24) is 0 Å². The molecular weight excluding hydrogens is 1110 g/mol. The van der Waals surface area contributed by atoms with Gasteiger partial charge >= 0.3 is 5.97 Å². The van der Waals surface area contributed by atoms with Gasteiger partial charge in [-0.1, -0.05) is 60.1 Å². The molecule has 5 aliphatic heterocycles. The number of fused-ring (bicyclic) bond motifs is 7. The quantitative estimate of drug-likeness (QED) is 0.0781. The van der Waals surface area contributed by atoms with Gasteiger partial charge < -0.3 is 119 Å². The summed E-state index contributed by atoms with van der Waals surface area (Å²) in [6.07, 6.45) is -29.6. The zero-order chi connectivity index (χ0) is 61.3. The molecule has 9 fully saturated rings. The predicted molar refractivity (Wildman–Crippen MR) is 287 cm³/mol. The van der Waals surface area contributed by atoms with Gasteiger partial charge in [0.15, 0.2) is 31.5 Å². The van der Waals surface area contributed by atoms with Crippen molar-refractivity contribution in [1.29, 1.82) is 0 Å². The normalized spacial score (nSPS) is 54.7. The number of allylic oxidation sites excluding steroid dienone is 2. The highest BCUT2D eigenvalue weighted by molar-refractivity contribution is 5.76. The minimum Gasteiger partial charge on any atom is -0.481 e. The molecule has 0 amide bonds. The number of ether oxygens (including phenoxy) is 10. The first-order valence-electron chi connectivity index (χ1n) is 30.5. The molecule has 25 heteroatoms. The van der Waals surface area contributed by atoms with Crippen LogP contribution in [0, 0.1) is 50.2 Å². The van der Waals surface area contributed by atoms with Crippen molar-refractivity contribution in [2.45, 2.75) is 280 Å². The molecule has 0 aromatic rings. The van der Waals surface area contributed by atoms with E-state index in [-0.39, 0.29) is 40.1 Å². The molecule has 5 heterocycles. The number of carbonyl (C=O) groups is 1. The van der Waals surface area contributed by atoms with E-state index in [0.717, 1.165) is 44.9 Å². The zero-order valence-electron chi connectivity index (χ0n) is 49.7. The smallest absolute Gasteiger partial charge is 0.310 e. The van der Waals surface area contributed by atoms with Gasteiger partial charge in [-0.05, 0) is 123 Å². The van der Waals surface area contributed by atoms with Crippen LogP contribution in [0.3, 0.4) is 0 Å². The van der Waals surface area contributed by atoms with E-state index in [1.807, 2.05) is 0 Å². The number of aliphatic hydroxyl groups excluding tert-OH is 13. The molecule has 0 unspecified atom stereocenters. The van der Waals surface area contributed by atoms with Gasteiger partial charge in [-0.2, -0.15) is 0 Å². The van der Waals surface area contributed by atoms with Crippen molar-refractivity contribution in [2.75, 3.05) is 19.8 Å². The average Bonchev–Trinajstić information content (AvgIpc) is 0.719. The SMILES string of the molecule is C[C@@H]1O[C@@H](OC[C@H]2O[C@@H](O[C@H]3[C@H](O)[C@@H](O)[C@H](O[C@@H]4[C@@H](O)[C@H](C)O[C@@H](O[C@H]5[C@H](O[C@H]6CC[C@]7(C)[C@H]8CC=C9[C@@H]%10CC(C)(C)CC[C@]%10(C(=O)O)CC[C@]9(C)[C@]8(C)CC[C@H]7C6(C)C)OC[C@H](O)[C@@H]5O)[C@@H]4O)O[C@@H]3CO)[C@H](O)[C@@H](O)[C@@H]2O)[C@H](O)[C@H](O)[C@H]1O. The van der Waals surface area contributed by atoms with Crippen LogP contribution in [0.15, 0.2) is 11.6 Å². The Morgan fingerprint density at radius 1 is 0.560 bits per heavy atom. The molecule has 5 saturated heterocycles. The monoisotopic (exact) mass is 1200 g/mol. The van der Waals surface area contributed by atoms with Crippen molar-refractivity contribution in [3.63, 3.8) is 0 Å². The zero-order valence-corrected chi connectivity index (χ0v) is 49.7. The van der Waals surface area contributed by atoms with Gasteiger partial charge in [-0.3, -0.25) is 4.79 Å². The number of aliphatic hydroxyl groups is 13. The second-order valence-electron chi connectivity index (χ2n) is 28.7. The second kappa shape index (κ2) is 23.8. The highest BCUT2D eigenvalue weighted by atomic mass is 16.8. The number of hydrogen-bond donors (Lipinski definition) is 14. The van der Waals surface area contributed by atoms with Gasteiger partial charge in [0, 0.05) is 0 Å². The Hall–Kier alpha value is -1.71. The largest absolute Gasteiger partial charge is 0.481 e. The maximum absolute atomic E-state index is 13.2. The van der Waals surface area contributed by atoms with E-state index in [0.29, 0.717) is 25.2 Å². The number of carboxylic acids is 1. The lowest BCUT2D eigenvalue weighted by Crippen LogP contribution is -2.67. The lowest BCUT2D eigenvalue weighted by molar-refractivity contribution is -0.391. The van der Waals surface area contributed by atoms with Gasteiger partial charge in [-0.25, -0.2) is 0 Å². The highest BCUT2D eigenvalue weighted by Gasteiger charge is 2.70. The van der Waals surface area contributed by atoms with E-state index >= 15 is 0 Å². The summed E-state index contributed by atoms with van der Waals surface area (Å²) in [7, 11) is 0. The third kappa shape index (κ3) is 10.9. The van der Waals surface area contributed by atoms with Gasteiger partial charge in [0.1, 0.15) is 104 Å². The molecule has 0 radical (unpaired) electrons. The second-order valence-corrected chi connectivity index (χ2v) is 28.7. The first kappa shape index (κ1) is 65.2. The summed E-state index contributed by atoms with van der Waals surface area (Å²) in [5.41, 5.74) is -0.144. The van der Waals surface area contributed by atoms with E-state index in [1.165, 1.54) is 19.4 Å². The Balaban J connectivity index is 0.796. The van der Waals surface area contributed by atoms with Crippen molar-refractivity contribution >= 4 is 5.97 Å². The van der Waals surface area contributed by atoms with Crippen molar-refractivity contribution < 1.29 is 124 Å². The van der Waals surface area contributed by atoms with Crippen LogP contribution in [-0.2, 0) is 52.2 Å². The van der Waals surface area contributed by atoms with E-state index in [2.05, 4.69) is 54.5 Å². The van der Waals surface area contributed by atoms with Crippen molar-refractivity contribution in [2.24, 2.45) is 50.2 Å². The van der Waals surface area contributed by atoms with Crippen LogP contribution in [-0.4, -0.2) is 251 Å². The Bertz CT molecular complexity index is 2340. The van der Waals surface area contributed by atoms with Crippen LogP contribution in [0.1, 0.15) is 127 Å². The Labute approximate surface area is 490 Å². The lowest BCUT2D eigenvalue weighted by Gasteiger charge is -2.71. The standard InChI is InChI=1S/C59H96O25/c1-24-34(62)38(66)41(69)48(77-24)76-23-30-37(65)39(67)42(70)49(80-30)82-45-29(21-60)79-50(43(71)40(45)68)83-46-35(63)25(2)78-51(44(46)72)84-47-36(64)28(61)22-75-52(47)81-33-13-14-56(7)31(55(33,5)6)12-15-58(9)32(56)11-10-26-27-20-54(3,4)16-18-59(27,53(73)74)19-17-57(26,58)8/h10,24-25,27-52,60-72H,11-23H2,1-9H3,(H,73,74)/t24-,25-,27-,28-,29+,30+,31-,32+,33-,34-,35-,36-,37+,38+,39-,40+,41+,42+,43+,44+,45+,46+,47+,48+,49-,50-,51-,52-,56-,57-,58+,59-/m0/s1. The fraction of sp³-hybridized carbons (Fsp3) is 0.949. The molecule has 0 aromatic carbocycles. The van der Waals surface area contributed by atoms with Crippen LogP contribution in [0.25, 0.3) is 0 Å². The minimum atomic E-state index is -2.07. The number of hydrogen-bond acceptors (Lipinski definition) is 24. The summed E-state index contributed by atoms with van der Waals surface area (Å²) in [6.45, 7) is 17.3. The highest BCUT2D eigenvalue weighted by Crippen LogP contribution is 2.76. The first-order chi connectivity index (χ1) is 39.3. The molecule has 5 aliphatic carbocycles. The van der Waals surface area contributed by atoms with E-state index in [9.17, 15) is 76.3 Å². The molecule has 14 N–H and O–H groups in total. The maximum Gasteiger partial charge on any atom is 0.310 e.